The second-order valence-electron chi connectivity index (χ2n) is 4.94. The summed E-state index contributed by atoms with van der Waals surface area (Å²) in [5, 5.41) is 0.103. The molecule has 2 rings (SSSR count). The van der Waals surface area contributed by atoms with Crippen LogP contribution in [0.4, 0.5) is 0 Å². The van der Waals surface area contributed by atoms with Crippen LogP contribution in [-0.2, 0) is 13.6 Å². The highest BCUT2D eigenvalue weighted by Crippen LogP contribution is 2.54. The molecule has 0 atom stereocenters. The molecule has 0 unspecified atom stereocenters. The molecule has 0 amide bonds. The zero-order valence-electron chi connectivity index (χ0n) is 13.6. The van der Waals surface area contributed by atoms with Crippen LogP contribution in [0.2, 0.25) is 0 Å². The van der Waals surface area contributed by atoms with E-state index in [4.69, 9.17) is 9.05 Å². The largest absolute Gasteiger partial charge is 0.340 e. The topological polar surface area (TPSA) is 35.5 Å². The molecule has 0 saturated heterocycles. The Balaban J connectivity index is 2.20. The maximum Gasteiger partial charge on any atom is 0.340 e. The number of hydrogen-bond donors (Lipinski definition) is 0. The summed E-state index contributed by atoms with van der Waals surface area (Å²) >= 11 is 1.60. The van der Waals surface area contributed by atoms with Crippen LogP contribution < -0.4 is 0 Å². The van der Waals surface area contributed by atoms with Crippen LogP contribution >= 0.6 is 19.4 Å². The Bertz CT molecular complexity index is 569. The van der Waals surface area contributed by atoms with Crippen molar-refractivity contribution in [1.29, 1.82) is 0 Å². The smallest absolute Gasteiger partial charge is 0.308 e. The quantitative estimate of drug-likeness (QED) is 0.541. The highest BCUT2D eigenvalue weighted by molar-refractivity contribution is 8.04. The normalized spacial score (nSPS) is 11.8. The Hall–Kier alpha value is -1.06. The molecule has 0 bridgehead atoms. The predicted octanol–water partition coefficient (Wildman–Crippen LogP) is 5.73. The SMILES string of the molecule is CCOP(=O)(CSC(c1ccccc1)c1ccccc1)OCC. The summed E-state index contributed by atoms with van der Waals surface area (Å²) in [5.74, 6) is 0. The molecule has 0 radical (unpaired) electrons. The van der Waals surface area contributed by atoms with Gasteiger partial charge in [0.2, 0.25) is 0 Å². The maximum absolute atomic E-state index is 12.7. The van der Waals surface area contributed by atoms with Crippen molar-refractivity contribution in [2.24, 2.45) is 0 Å². The average molecular weight is 350 g/mol. The van der Waals surface area contributed by atoms with Gasteiger partial charge in [0.05, 0.1) is 24.0 Å². The average Bonchev–Trinajstić information content (AvgIpc) is 2.57. The van der Waals surface area contributed by atoms with Crippen LogP contribution in [0.15, 0.2) is 60.7 Å². The summed E-state index contributed by atoms with van der Waals surface area (Å²) in [6, 6.07) is 20.5. The first-order valence-electron chi connectivity index (χ1n) is 7.78. The van der Waals surface area contributed by atoms with E-state index < -0.39 is 7.60 Å². The van der Waals surface area contributed by atoms with Gasteiger partial charge in [-0.05, 0) is 25.0 Å². The molecule has 0 saturated carbocycles. The van der Waals surface area contributed by atoms with E-state index in [0.717, 1.165) is 0 Å². The van der Waals surface area contributed by atoms with Gasteiger partial charge in [-0.2, -0.15) is 0 Å². The molecule has 0 N–H and O–H groups in total. The summed E-state index contributed by atoms with van der Waals surface area (Å²) in [6.07, 6.45) is 0. The third kappa shape index (κ3) is 5.50. The Kier molecular flexibility index (Phi) is 7.38. The fourth-order valence-electron chi connectivity index (χ4n) is 2.31. The van der Waals surface area contributed by atoms with E-state index in [1.54, 1.807) is 11.8 Å². The summed E-state index contributed by atoms with van der Waals surface area (Å²) in [5.41, 5.74) is 2.70. The summed E-state index contributed by atoms with van der Waals surface area (Å²) in [4.78, 5) is 0. The Morgan fingerprint density at radius 2 is 1.30 bits per heavy atom. The van der Waals surface area contributed by atoms with Gasteiger partial charge in [0.25, 0.3) is 0 Å². The second-order valence-corrected chi connectivity index (χ2v) is 8.52. The standard InChI is InChI=1S/C18H23O3PS/c1-3-20-22(19,21-4-2)15-23-18(16-11-7-5-8-12-16)17-13-9-6-10-14-17/h5-14,18H,3-4,15H2,1-2H3. The van der Waals surface area contributed by atoms with Gasteiger partial charge in [0, 0.05) is 0 Å². The van der Waals surface area contributed by atoms with Gasteiger partial charge >= 0.3 is 7.60 Å². The third-order valence-corrected chi connectivity index (χ3v) is 7.30. The maximum atomic E-state index is 12.7. The van der Waals surface area contributed by atoms with E-state index in [9.17, 15) is 4.57 Å². The minimum Gasteiger partial charge on any atom is -0.308 e. The van der Waals surface area contributed by atoms with Crippen molar-refractivity contribution in [3.8, 4) is 0 Å². The number of benzene rings is 2. The Morgan fingerprint density at radius 1 is 0.870 bits per heavy atom. The fourth-order valence-corrected chi connectivity index (χ4v) is 5.79. The Morgan fingerprint density at radius 3 is 1.70 bits per heavy atom. The van der Waals surface area contributed by atoms with E-state index in [-0.39, 0.29) is 5.25 Å². The lowest BCUT2D eigenvalue weighted by molar-refractivity contribution is 0.224. The lowest BCUT2D eigenvalue weighted by atomic mass is 10.0. The molecule has 0 aliphatic heterocycles. The number of thioether (sulfide) groups is 1. The third-order valence-electron chi connectivity index (χ3n) is 3.26. The second kappa shape index (κ2) is 9.29. The molecule has 0 aromatic heterocycles. The monoisotopic (exact) mass is 350 g/mol. The predicted molar refractivity (Wildman–Crippen MR) is 98.0 cm³/mol. The van der Waals surface area contributed by atoms with Crippen LogP contribution in [0.25, 0.3) is 0 Å². The van der Waals surface area contributed by atoms with Gasteiger partial charge in [0.1, 0.15) is 0 Å². The highest BCUT2D eigenvalue weighted by Gasteiger charge is 2.26. The van der Waals surface area contributed by atoms with Gasteiger partial charge in [-0.3, -0.25) is 4.57 Å². The first kappa shape index (κ1) is 18.3. The molecule has 0 fully saturated rings. The van der Waals surface area contributed by atoms with Crippen molar-refractivity contribution in [3.63, 3.8) is 0 Å². The zero-order chi connectivity index (χ0) is 16.5. The van der Waals surface area contributed by atoms with Crippen LogP contribution in [-0.4, -0.2) is 18.7 Å². The molecule has 0 aliphatic carbocycles. The molecule has 5 heteroatoms. The van der Waals surface area contributed by atoms with E-state index in [0.29, 0.717) is 18.7 Å². The molecule has 2 aromatic rings. The molecule has 2 aromatic carbocycles. The lowest BCUT2D eigenvalue weighted by Crippen LogP contribution is -2.02. The first-order chi connectivity index (χ1) is 11.2. The van der Waals surface area contributed by atoms with Gasteiger partial charge in [-0.1, -0.05) is 60.7 Å². The minimum atomic E-state index is -3.05. The molecule has 0 spiro atoms. The van der Waals surface area contributed by atoms with Crippen LogP contribution in [0.3, 0.4) is 0 Å². The molecular weight excluding hydrogens is 327 g/mol. The first-order valence-corrected chi connectivity index (χ1v) is 10.6. The van der Waals surface area contributed by atoms with E-state index in [1.165, 1.54) is 11.1 Å². The summed E-state index contributed by atoms with van der Waals surface area (Å²) in [6.45, 7) is 4.45. The van der Waals surface area contributed by atoms with Crippen LogP contribution in [0.5, 0.6) is 0 Å². The van der Waals surface area contributed by atoms with Gasteiger partial charge in [-0.15, -0.1) is 11.8 Å². The van der Waals surface area contributed by atoms with Crippen molar-refractivity contribution in [2.45, 2.75) is 19.1 Å². The van der Waals surface area contributed by atoms with Crippen LogP contribution in [0.1, 0.15) is 30.2 Å². The van der Waals surface area contributed by atoms with Gasteiger partial charge in [-0.25, -0.2) is 0 Å². The Labute approximate surface area is 142 Å². The number of rotatable bonds is 9. The van der Waals surface area contributed by atoms with E-state index >= 15 is 0 Å². The van der Waals surface area contributed by atoms with Crippen molar-refractivity contribution in [3.05, 3.63) is 71.8 Å². The van der Waals surface area contributed by atoms with Gasteiger partial charge in [0.15, 0.2) is 0 Å². The van der Waals surface area contributed by atoms with E-state index in [2.05, 4.69) is 24.3 Å². The molecule has 0 aliphatic rings. The van der Waals surface area contributed by atoms with Crippen molar-refractivity contribution in [1.82, 2.24) is 0 Å². The molecular formula is C18H23O3PS. The van der Waals surface area contributed by atoms with Crippen molar-refractivity contribution in [2.75, 3.05) is 18.7 Å². The zero-order valence-corrected chi connectivity index (χ0v) is 15.3. The highest BCUT2D eigenvalue weighted by atomic mass is 32.2. The van der Waals surface area contributed by atoms with E-state index in [1.807, 2.05) is 50.2 Å². The lowest BCUT2D eigenvalue weighted by Gasteiger charge is -2.21. The number of hydrogen-bond acceptors (Lipinski definition) is 4. The minimum absolute atomic E-state index is 0.103. The van der Waals surface area contributed by atoms with Crippen LogP contribution in [0, 0.1) is 0 Å². The van der Waals surface area contributed by atoms with Gasteiger partial charge < -0.3 is 9.05 Å². The van der Waals surface area contributed by atoms with Crippen molar-refractivity contribution >= 4 is 19.4 Å². The molecule has 23 heavy (non-hydrogen) atoms. The molecule has 124 valence electrons. The fraction of sp³-hybridized carbons (Fsp3) is 0.333. The summed E-state index contributed by atoms with van der Waals surface area (Å²) in [7, 11) is -3.05. The molecule has 0 heterocycles. The molecule has 3 nitrogen and oxygen atoms in total. The van der Waals surface area contributed by atoms with Crippen molar-refractivity contribution < 1.29 is 13.6 Å². The summed E-state index contributed by atoms with van der Waals surface area (Å²) < 4.78 is 23.5.